The smallest absolute Gasteiger partial charge is 0.234 e. The van der Waals surface area contributed by atoms with Crippen molar-refractivity contribution >= 4 is 5.91 Å². The maximum atomic E-state index is 11.0. The molecule has 78 valence electrons. The van der Waals surface area contributed by atoms with Gasteiger partial charge in [0.05, 0.1) is 18.3 Å². The number of carbonyl (C=O) groups is 1. The van der Waals surface area contributed by atoms with Crippen LogP contribution < -0.4 is 11.1 Å². The van der Waals surface area contributed by atoms with E-state index < -0.39 is 0 Å². The van der Waals surface area contributed by atoms with E-state index in [9.17, 15) is 4.79 Å². The predicted molar refractivity (Wildman–Crippen MR) is 53.7 cm³/mol. The SMILES string of the molecule is Cc1nc(C(C)NC(=O)CN)[nH]c1C. The molecule has 0 aliphatic rings. The second-order valence-corrected chi connectivity index (χ2v) is 3.33. The number of hydrogen-bond donors (Lipinski definition) is 3. The number of aryl methyl sites for hydroxylation is 2. The van der Waals surface area contributed by atoms with E-state index in [1.54, 1.807) is 0 Å². The van der Waals surface area contributed by atoms with Gasteiger partial charge in [0.15, 0.2) is 0 Å². The van der Waals surface area contributed by atoms with E-state index in [0.29, 0.717) is 0 Å². The van der Waals surface area contributed by atoms with Crippen LogP contribution in [0.1, 0.15) is 30.2 Å². The first-order valence-corrected chi connectivity index (χ1v) is 4.57. The third-order valence-electron chi connectivity index (χ3n) is 2.12. The number of H-pyrrole nitrogens is 1. The van der Waals surface area contributed by atoms with Gasteiger partial charge in [0, 0.05) is 5.69 Å². The molecule has 14 heavy (non-hydrogen) atoms. The van der Waals surface area contributed by atoms with Crippen LogP contribution in [0.25, 0.3) is 0 Å². The molecule has 1 amide bonds. The number of hydrogen-bond acceptors (Lipinski definition) is 3. The molecule has 1 aromatic rings. The van der Waals surface area contributed by atoms with E-state index in [2.05, 4.69) is 15.3 Å². The number of aromatic amines is 1. The molecule has 0 radical (unpaired) electrons. The summed E-state index contributed by atoms with van der Waals surface area (Å²) in [6.07, 6.45) is 0. The number of rotatable bonds is 3. The topological polar surface area (TPSA) is 83.8 Å². The maximum Gasteiger partial charge on any atom is 0.234 e. The first-order valence-electron chi connectivity index (χ1n) is 4.57. The van der Waals surface area contributed by atoms with Gasteiger partial charge in [-0.3, -0.25) is 4.79 Å². The fourth-order valence-corrected chi connectivity index (χ4v) is 1.15. The van der Waals surface area contributed by atoms with Crippen molar-refractivity contribution in [1.29, 1.82) is 0 Å². The Kier molecular flexibility index (Phi) is 3.24. The Labute approximate surface area is 83.1 Å². The molecule has 5 nitrogen and oxygen atoms in total. The van der Waals surface area contributed by atoms with Crippen molar-refractivity contribution in [3.63, 3.8) is 0 Å². The van der Waals surface area contributed by atoms with Crippen LogP contribution >= 0.6 is 0 Å². The summed E-state index contributed by atoms with van der Waals surface area (Å²) in [5, 5.41) is 2.73. The molecule has 1 heterocycles. The zero-order valence-electron chi connectivity index (χ0n) is 8.72. The van der Waals surface area contributed by atoms with Gasteiger partial charge in [-0.2, -0.15) is 0 Å². The average molecular weight is 196 g/mol. The minimum absolute atomic E-state index is 0.00299. The molecule has 0 aliphatic heterocycles. The second-order valence-electron chi connectivity index (χ2n) is 3.33. The molecule has 0 saturated heterocycles. The molecule has 1 atom stereocenters. The van der Waals surface area contributed by atoms with Gasteiger partial charge in [-0.25, -0.2) is 4.98 Å². The maximum absolute atomic E-state index is 11.0. The standard InChI is InChI=1S/C9H16N4O/c1-5-6(2)13-9(12-5)7(3)11-8(14)4-10/h7H,4,10H2,1-3H3,(H,11,14)(H,12,13). The van der Waals surface area contributed by atoms with Crippen LogP contribution in [0, 0.1) is 13.8 Å². The summed E-state index contributed by atoms with van der Waals surface area (Å²) in [5.41, 5.74) is 7.17. The van der Waals surface area contributed by atoms with Gasteiger partial charge in [0.2, 0.25) is 5.91 Å². The zero-order chi connectivity index (χ0) is 10.7. The highest BCUT2D eigenvalue weighted by Crippen LogP contribution is 2.10. The Balaban J connectivity index is 2.69. The van der Waals surface area contributed by atoms with E-state index >= 15 is 0 Å². The highest BCUT2D eigenvalue weighted by Gasteiger charge is 2.12. The van der Waals surface area contributed by atoms with Crippen LogP contribution in [0.2, 0.25) is 0 Å². The molecule has 1 aromatic heterocycles. The lowest BCUT2D eigenvalue weighted by atomic mass is 10.3. The molecule has 0 aliphatic carbocycles. The molecule has 4 N–H and O–H groups in total. The highest BCUT2D eigenvalue weighted by atomic mass is 16.1. The van der Waals surface area contributed by atoms with Crippen LogP contribution in [0.5, 0.6) is 0 Å². The summed E-state index contributed by atoms with van der Waals surface area (Å²) in [5.74, 6) is 0.589. The lowest BCUT2D eigenvalue weighted by Crippen LogP contribution is -2.32. The Bertz CT molecular complexity index is 312. The van der Waals surface area contributed by atoms with Crippen LogP contribution in [-0.2, 0) is 4.79 Å². The second kappa shape index (κ2) is 4.23. The Morgan fingerprint density at radius 1 is 1.64 bits per heavy atom. The first kappa shape index (κ1) is 10.7. The molecular formula is C9H16N4O. The van der Waals surface area contributed by atoms with Crippen molar-refractivity contribution < 1.29 is 4.79 Å². The largest absolute Gasteiger partial charge is 0.345 e. The van der Waals surface area contributed by atoms with Crippen LogP contribution in [0.4, 0.5) is 0 Å². The zero-order valence-corrected chi connectivity index (χ0v) is 8.72. The number of amides is 1. The molecule has 0 fully saturated rings. The number of nitrogens with one attached hydrogen (secondary N) is 2. The lowest BCUT2D eigenvalue weighted by molar-refractivity contribution is -0.120. The van der Waals surface area contributed by atoms with Crippen molar-refractivity contribution in [2.75, 3.05) is 6.54 Å². The Morgan fingerprint density at radius 3 is 2.71 bits per heavy atom. The number of nitrogens with zero attached hydrogens (tertiary/aromatic N) is 1. The predicted octanol–water partition coefficient (Wildman–Crippen LogP) is 0.162. The molecule has 0 spiro atoms. The minimum Gasteiger partial charge on any atom is -0.345 e. The summed E-state index contributed by atoms with van der Waals surface area (Å²) in [6.45, 7) is 5.74. The van der Waals surface area contributed by atoms with E-state index in [4.69, 9.17) is 5.73 Å². The summed E-state index contributed by atoms with van der Waals surface area (Å²) < 4.78 is 0. The van der Waals surface area contributed by atoms with Gasteiger partial charge in [-0.05, 0) is 20.8 Å². The van der Waals surface area contributed by atoms with E-state index in [-0.39, 0.29) is 18.5 Å². The average Bonchev–Trinajstić information content (AvgIpc) is 2.47. The molecule has 1 unspecified atom stereocenters. The first-order chi connectivity index (χ1) is 6.54. The minimum atomic E-state index is -0.177. The Morgan fingerprint density at radius 2 is 2.29 bits per heavy atom. The molecule has 5 heteroatoms. The van der Waals surface area contributed by atoms with Crippen molar-refractivity contribution in [3.8, 4) is 0 Å². The summed E-state index contributed by atoms with van der Waals surface area (Å²) in [7, 11) is 0. The molecule has 0 bridgehead atoms. The quantitative estimate of drug-likeness (QED) is 0.644. The third-order valence-corrected chi connectivity index (χ3v) is 2.12. The van der Waals surface area contributed by atoms with Crippen molar-refractivity contribution in [3.05, 3.63) is 17.2 Å². The summed E-state index contributed by atoms with van der Waals surface area (Å²) in [4.78, 5) is 18.4. The summed E-state index contributed by atoms with van der Waals surface area (Å²) >= 11 is 0. The van der Waals surface area contributed by atoms with Crippen molar-refractivity contribution in [1.82, 2.24) is 15.3 Å². The fourth-order valence-electron chi connectivity index (χ4n) is 1.15. The normalized spacial score (nSPS) is 12.6. The number of aromatic nitrogens is 2. The van der Waals surface area contributed by atoms with Crippen LogP contribution in [-0.4, -0.2) is 22.4 Å². The monoisotopic (exact) mass is 196 g/mol. The van der Waals surface area contributed by atoms with Crippen LogP contribution in [0.3, 0.4) is 0 Å². The number of nitrogens with two attached hydrogens (primary N) is 1. The van der Waals surface area contributed by atoms with Gasteiger partial charge in [0.25, 0.3) is 0 Å². The van der Waals surface area contributed by atoms with Gasteiger partial charge in [-0.1, -0.05) is 0 Å². The number of imidazole rings is 1. The third kappa shape index (κ3) is 2.32. The van der Waals surface area contributed by atoms with Crippen molar-refractivity contribution in [2.45, 2.75) is 26.8 Å². The summed E-state index contributed by atoms with van der Waals surface area (Å²) in [6, 6.07) is -0.126. The van der Waals surface area contributed by atoms with Gasteiger partial charge >= 0.3 is 0 Å². The van der Waals surface area contributed by atoms with E-state index in [0.717, 1.165) is 17.2 Å². The van der Waals surface area contributed by atoms with Crippen LogP contribution in [0.15, 0.2) is 0 Å². The van der Waals surface area contributed by atoms with Gasteiger partial charge in [-0.15, -0.1) is 0 Å². The highest BCUT2D eigenvalue weighted by molar-refractivity contribution is 5.78. The van der Waals surface area contributed by atoms with Gasteiger partial charge < -0.3 is 16.0 Å². The molecular weight excluding hydrogens is 180 g/mol. The fraction of sp³-hybridized carbons (Fsp3) is 0.556. The Hall–Kier alpha value is -1.36. The molecule has 1 rings (SSSR count). The van der Waals surface area contributed by atoms with Gasteiger partial charge in [0.1, 0.15) is 5.82 Å². The van der Waals surface area contributed by atoms with E-state index in [1.807, 2.05) is 20.8 Å². The van der Waals surface area contributed by atoms with E-state index in [1.165, 1.54) is 0 Å². The molecule has 0 aromatic carbocycles. The number of carbonyl (C=O) groups excluding carboxylic acids is 1. The van der Waals surface area contributed by atoms with Crippen molar-refractivity contribution in [2.24, 2.45) is 5.73 Å². The lowest BCUT2D eigenvalue weighted by Gasteiger charge is -2.09. The molecule has 0 saturated carbocycles.